The van der Waals surface area contributed by atoms with Crippen molar-refractivity contribution >= 4 is 44.6 Å². The molecule has 0 aromatic carbocycles. The lowest BCUT2D eigenvalue weighted by atomic mass is 10.4. The van der Waals surface area contributed by atoms with E-state index in [9.17, 15) is 4.79 Å². The quantitative estimate of drug-likeness (QED) is 0.771. The second kappa shape index (κ2) is 6.54. The summed E-state index contributed by atoms with van der Waals surface area (Å²) in [6.45, 7) is 5.53. The minimum absolute atomic E-state index is 0.0467. The van der Waals surface area contributed by atoms with Gasteiger partial charge in [-0.05, 0) is 35.8 Å². The molecule has 0 N–H and O–H groups in total. The molecule has 2 aromatic heterocycles. The van der Waals surface area contributed by atoms with Gasteiger partial charge in [0.25, 0.3) is 0 Å². The van der Waals surface area contributed by atoms with Crippen LogP contribution in [0.3, 0.4) is 0 Å². The average Bonchev–Trinajstić information content (AvgIpc) is 2.77. The van der Waals surface area contributed by atoms with E-state index >= 15 is 0 Å². The zero-order valence-corrected chi connectivity index (χ0v) is 13.8. The maximum Gasteiger partial charge on any atom is 0.242 e. The number of likely N-dealkylation sites (N-methyl/N-ethyl adjacent to an activating group) is 1. The third kappa shape index (κ3) is 2.96. The number of aromatic nitrogens is 3. The van der Waals surface area contributed by atoms with Crippen molar-refractivity contribution in [3.8, 4) is 0 Å². The SMILES string of the molecule is CCN(CC)C(=O)Cn1c(CCl)nc2cc(Br)cnc21. The number of carbonyl (C=O) groups excluding carboxylic acids is 1. The molecule has 7 heteroatoms. The van der Waals surface area contributed by atoms with Crippen LogP contribution >= 0.6 is 27.5 Å². The van der Waals surface area contributed by atoms with Crippen LogP contribution in [0, 0.1) is 0 Å². The molecule has 2 rings (SSSR count). The van der Waals surface area contributed by atoms with Crippen LogP contribution in [0.15, 0.2) is 16.7 Å². The third-order valence-electron chi connectivity index (χ3n) is 3.16. The number of alkyl halides is 1. The van der Waals surface area contributed by atoms with Crippen molar-refractivity contribution in [2.24, 2.45) is 0 Å². The highest BCUT2D eigenvalue weighted by Crippen LogP contribution is 2.19. The molecule has 5 nitrogen and oxygen atoms in total. The van der Waals surface area contributed by atoms with Crippen molar-refractivity contribution in [2.75, 3.05) is 13.1 Å². The number of hydrogen-bond donors (Lipinski definition) is 0. The molecule has 0 saturated carbocycles. The summed E-state index contributed by atoms with van der Waals surface area (Å²) >= 11 is 9.29. The van der Waals surface area contributed by atoms with Gasteiger partial charge in [0.2, 0.25) is 5.91 Å². The molecule has 0 fully saturated rings. The topological polar surface area (TPSA) is 51.0 Å². The van der Waals surface area contributed by atoms with E-state index in [0.29, 0.717) is 24.6 Å². The van der Waals surface area contributed by atoms with Crippen LogP contribution < -0.4 is 0 Å². The Morgan fingerprint density at radius 1 is 1.45 bits per heavy atom. The van der Waals surface area contributed by atoms with E-state index in [1.165, 1.54) is 0 Å². The Morgan fingerprint density at radius 3 is 2.75 bits per heavy atom. The Kier molecular flexibility index (Phi) is 4.99. The van der Waals surface area contributed by atoms with Gasteiger partial charge in [-0.3, -0.25) is 4.79 Å². The van der Waals surface area contributed by atoms with Gasteiger partial charge in [-0.1, -0.05) is 0 Å². The smallest absolute Gasteiger partial charge is 0.242 e. The van der Waals surface area contributed by atoms with Gasteiger partial charge in [0.1, 0.15) is 17.9 Å². The molecule has 0 spiro atoms. The van der Waals surface area contributed by atoms with E-state index < -0.39 is 0 Å². The fourth-order valence-corrected chi connectivity index (χ4v) is 2.64. The first-order chi connectivity index (χ1) is 9.60. The lowest BCUT2D eigenvalue weighted by Crippen LogP contribution is -2.33. The van der Waals surface area contributed by atoms with E-state index in [-0.39, 0.29) is 18.3 Å². The maximum atomic E-state index is 12.2. The molecule has 1 amide bonds. The van der Waals surface area contributed by atoms with Gasteiger partial charge in [-0.25, -0.2) is 9.97 Å². The summed E-state index contributed by atoms with van der Waals surface area (Å²) in [7, 11) is 0. The average molecular weight is 360 g/mol. The number of halogens is 2. The summed E-state index contributed by atoms with van der Waals surface area (Å²) in [4.78, 5) is 22.8. The molecular weight excluding hydrogens is 344 g/mol. The summed E-state index contributed by atoms with van der Waals surface area (Å²) in [6, 6.07) is 1.87. The second-order valence-electron chi connectivity index (χ2n) is 4.31. The van der Waals surface area contributed by atoms with Gasteiger partial charge in [-0.2, -0.15) is 0 Å². The number of pyridine rings is 1. The summed E-state index contributed by atoms with van der Waals surface area (Å²) < 4.78 is 2.64. The van der Waals surface area contributed by atoms with Crippen molar-refractivity contribution in [1.82, 2.24) is 19.4 Å². The van der Waals surface area contributed by atoms with Crippen LogP contribution in [0.2, 0.25) is 0 Å². The van der Waals surface area contributed by atoms with E-state index in [2.05, 4.69) is 25.9 Å². The standard InChI is InChI=1S/C13H16BrClN4O/c1-3-18(4-2)12(20)8-19-11(6-15)17-10-5-9(14)7-16-13(10)19/h5,7H,3-4,6,8H2,1-2H3. The van der Waals surface area contributed by atoms with Crippen LogP contribution in [0.1, 0.15) is 19.7 Å². The van der Waals surface area contributed by atoms with Crippen LogP contribution in [0.25, 0.3) is 11.2 Å². The Balaban J connectivity index is 2.40. The molecule has 20 heavy (non-hydrogen) atoms. The molecule has 108 valence electrons. The second-order valence-corrected chi connectivity index (χ2v) is 5.49. The van der Waals surface area contributed by atoms with Crippen LogP contribution in [0.5, 0.6) is 0 Å². The minimum Gasteiger partial charge on any atom is -0.342 e. The third-order valence-corrected chi connectivity index (χ3v) is 3.83. The molecule has 2 heterocycles. The Morgan fingerprint density at radius 2 is 2.15 bits per heavy atom. The zero-order valence-electron chi connectivity index (χ0n) is 11.4. The zero-order chi connectivity index (χ0) is 14.7. The molecule has 0 radical (unpaired) electrons. The van der Waals surface area contributed by atoms with E-state index in [1.54, 1.807) is 15.7 Å². The molecule has 0 saturated heterocycles. The molecule has 0 bridgehead atoms. The highest BCUT2D eigenvalue weighted by molar-refractivity contribution is 9.10. The lowest BCUT2D eigenvalue weighted by molar-refractivity contribution is -0.131. The maximum absolute atomic E-state index is 12.2. The van der Waals surface area contributed by atoms with Crippen LogP contribution in [0.4, 0.5) is 0 Å². The summed E-state index contributed by atoms with van der Waals surface area (Å²) in [6.07, 6.45) is 1.69. The van der Waals surface area contributed by atoms with E-state index in [0.717, 1.165) is 9.99 Å². The van der Waals surface area contributed by atoms with E-state index in [1.807, 2.05) is 19.9 Å². The van der Waals surface area contributed by atoms with Crippen molar-refractivity contribution < 1.29 is 4.79 Å². The first-order valence-corrected chi connectivity index (χ1v) is 7.77. The Hall–Kier alpha value is -1.14. The van der Waals surface area contributed by atoms with Crippen LogP contribution in [-0.2, 0) is 17.2 Å². The highest BCUT2D eigenvalue weighted by atomic mass is 79.9. The summed E-state index contributed by atoms with van der Waals surface area (Å²) in [5.41, 5.74) is 1.42. The van der Waals surface area contributed by atoms with Crippen molar-refractivity contribution in [1.29, 1.82) is 0 Å². The largest absolute Gasteiger partial charge is 0.342 e. The molecule has 0 aliphatic heterocycles. The Labute approximate surface area is 131 Å². The molecule has 2 aromatic rings. The molecule has 0 unspecified atom stereocenters. The fraction of sp³-hybridized carbons (Fsp3) is 0.462. The number of imidazole rings is 1. The van der Waals surface area contributed by atoms with Crippen LogP contribution in [-0.4, -0.2) is 38.4 Å². The van der Waals surface area contributed by atoms with Gasteiger partial charge >= 0.3 is 0 Å². The summed E-state index contributed by atoms with van der Waals surface area (Å²) in [5.74, 6) is 0.956. The number of rotatable bonds is 5. The number of carbonyl (C=O) groups is 1. The van der Waals surface area contributed by atoms with Gasteiger partial charge in [0.05, 0.1) is 5.88 Å². The van der Waals surface area contributed by atoms with Crippen molar-refractivity contribution in [3.05, 3.63) is 22.6 Å². The van der Waals surface area contributed by atoms with E-state index in [4.69, 9.17) is 11.6 Å². The number of nitrogens with zero attached hydrogens (tertiary/aromatic N) is 4. The van der Waals surface area contributed by atoms with Gasteiger partial charge < -0.3 is 9.47 Å². The lowest BCUT2D eigenvalue weighted by Gasteiger charge is -2.19. The van der Waals surface area contributed by atoms with Gasteiger partial charge in [0, 0.05) is 23.8 Å². The van der Waals surface area contributed by atoms with Crippen molar-refractivity contribution in [3.63, 3.8) is 0 Å². The van der Waals surface area contributed by atoms with Gasteiger partial charge in [0.15, 0.2) is 5.65 Å². The first kappa shape index (κ1) is 15.3. The normalized spacial score (nSPS) is 11.0. The molecule has 0 atom stereocenters. The first-order valence-electron chi connectivity index (χ1n) is 6.45. The fourth-order valence-electron chi connectivity index (χ4n) is 2.11. The monoisotopic (exact) mass is 358 g/mol. The minimum atomic E-state index is 0.0467. The Bertz CT molecular complexity index is 624. The predicted molar refractivity (Wildman–Crippen MR) is 82.7 cm³/mol. The number of amides is 1. The molecular formula is C13H16BrClN4O. The molecule has 0 aliphatic rings. The number of hydrogen-bond acceptors (Lipinski definition) is 3. The summed E-state index contributed by atoms with van der Waals surface area (Å²) in [5, 5.41) is 0. The molecule has 0 aliphatic carbocycles. The van der Waals surface area contributed by atoms with Gasteiger partial charge in [-0.15, -0.1) is 11.6 Å². The van der Waals surface area contributed by atoms with Crippen molar-refractivity contribution in [2.45, 2.75) is 26.3 Å². The number of fused-ring (bicyclic) bond motifs is 1. The predicted octanol–water partition coefficient (Wildman–Crippen LogP) is 2.80. The highest BCUT2D eigenvalue weighted by Gasteiger charge is 2.17.